The number of nitrogens with one attached hydrogen (secondary N) is 1. The van der Waals surface area contributed by atoms with Gasteiger partial charge in [0.25, 0.3) is 5.91 Å². The summed E-state index contributed by atoms with van der Waals surface area (Å²) in [4.78, 5) is 12.2. The van der Waals surface area contributed by atoms with Crippen LogP contribution in [0.15, 0.2) is 18.2 Å². The number of benzene rings is 1. The van der Waals surface area contributed by atoms with E-state index in [-0.39, 0.29) is 5.91 Å². The van der Waals surface area contributed by atoms with Gasteiger partial charge in [-0.2, -0.15) is 0 Å². The van der Waals surface area contributed by atoms with E-state index in [4.69, 9.17) is 15.2 Å². The highest BCUT2D eigenvalue weighted by molar-refractivity contribution is 6.01. The maximum absolute atomic E-state index is 12.2. The molecule has 1 amide bonds. The number of hydrogen-bond donors (Lipinski definition) is 2. The van der Waals surface area contributed by atoms with Crippen molar-refractivity contribution in [2.24, 2.45) is 5.92 Å². The largest absolute Gasteiger partial charge is 0.496 e. The molecule has 0 bridgehead atoms. The number of carbonyl (C=O) groups excluding carboxylic acids is 1. The molecule has 1 heterocycles. The van der Waals surface area contributed by atoms with E-state index in [0.717, 1.165) is 26.1 Å². The molecule has 104 valence electrons. The van der Waals surface area contributed by atoms with Gasteiger partial charge in [0.1, 0.15) is 11.3 Å². The van der Waals surface area contributed by atoms with Crippen LogP contribution in [0.25, 0.3) is 0 Å². The van der Waals surface area contributed by atoms with Crippen molar-refractivity contribution in [2.75, 3.05) is 32.6 Å². The third kappa shape index (κ3) is 3.38. The molecule has 1 aromatic carbocycles. The molecule has 1 aliphatic heterocycles. The predicted octanol–water partition coefficient (Wildman–Crippen LogP) is 1.43. The lowest BCUT2D eigenvalue weighted by molar-refractivity contribution is 0.0642. The van der Waals surface area contributed by atoms with Gasteiger partial charge in [-0.15, -0.1) is 0 Å². The number of anilines is 1. The van der Waals surface area contributed by atoms with E-state index in [1.54, 1.807) is 18.2 Å². The molecule has 1 aliphatic rings. The highest BCUT2D eigenvalue weighted by Gasteiger charge is 2.18. The molecular formula is C14H20N2O3. The van der Waals surface area contributed by atoms with Gasteiger partial charge in [-0.3, -0.25) is 4.79 Å². The van der Waals surface area contributed by atoms with Crippen LogP contribution >= 0.6 is 0 Å². The zero-order chi connectivity index (χ0) is 13.7. The number of hydrogen-bond acceptors (Lipinski definition) is 4. The van der Waals surface area contributed by atoms with Crippen LogP contribution in [0, 0.1) is 5.92 Å². The molecule has 1 saturated heterocycles. The van der Waals surface area contributed by atoms with Gasteiger partial charge in [0.05, 0.1) is 7.11 Å². The average molecular weight is 264 g/mol. The second-order valence-electron chi connectivity index (χ2n) is 4.69. The van der Waals surface area contributed by atoms with Crippen LogP contribution < -0.4 is 15.8 Å². The van der Waals surface area contributed by atoms with E-state index >= 15 is 0 Å². The molecule has 0 aromatic heterocycles. The highest BCUT2D eigenvalue weighted by atomic mass is 16.5. The molecule has 0 radical (unpaired) electrons. The third-order valence-electron chi connectivity index (χ3n) is 3.40. The highest BCUT2D eigenvalue weighted by Crippen LogP contribution is 2.24. The van der Waals surface area contributed by atoms with Crippen molar-refractivity contribution in [1.29, 1.82) is 0 Å². The van der Waals surface area contributed by atoms with Crippen molar-refractivity contribution in [2.45, 2.75) is 12.8 Å². The molecule has 0 unspecified atom stereocenters. The molecule has 1 fully saturated rings. The average Bonchev–Trinajstić information content (AvgIpc) is 2.45. The van der Waals surface area contributed by atoms with Crippen molar-refractivity contribution in [3.05, 3.63) is 23.8 Å². The number of carbonyl (C=O) groups is 1. The minimum absolute atomic E-state index is 0.179. The molecule has 0 saturated carbocycles. The van der Waals surface area contributed by atoms with Gasteiger partial charge < -0.3 is 20.5 Å². The first kappa shape index (κ1) is 13.7. The summed E-state index contributed by atoms with van der Waals surface area (Å²) in [5.74, 6) is 0.805. The van der Waals surface area contributed by atoms with Crippen LogP contribution in [0.2, 0.25) is 0 Å². The number of methoxy groups -OCH3 is 1. The normalized spacial score (nSPS) is 16.1. The minimum atomic E-state index is -0.179. The maximum Gasteiger partial charge on any atom is 0.257 e. The van der Waals surface area contributed by atoms with E-state index in [2.05, 4.69) is 5.32 Å². The van der Waals surface area contributed by atoms with Crippen LogP contribution in [-0.4, -0.2) is 32.8 Å². The van der Waals surface area contributed by atoms with Crippen molar-refractivity contribution in [3.63, 3.8) is 0 Å². The number of nitrogen functional groups attached to an aromatic ring is 1. The number of ether oxygens (including phenoxy) is 2. The van der Waals surface area contributed by atoms with E-state index in [0.29, 0.717) is 29.5 Å². The Morgan fingerprint density at radius 1 is 1.47 bits per heavy atom. The van der Waals surface area contributed by atoms with Gasteiger partial charge in [-0.1, -0.05) is 6.07 Å². The summed E-state index contributed by atoms with van der Waals surface area (Å²) in [5.41, 5.74) is 6.69. The summed E-state index contributed by atoms with van der Waals surface area (Å²) in [5, 5.41) is 2.93. The van der Waals surface area contributed by atoms with E-state index in [1.165, 1.54) is 7.11 Å². The van der Waals surface area contributed by atoms with E-state index in [1.807, 2.05) is 0 Å². The van der Waals surface area contributed by atoms with Crippen LogP contribution in [0.1, 0.15) is 23.2 Å². The molecule has 0 atom stereocenters. The summed E-state index contributed by atoms with van der Waals surface area (Å²) >= 11 is 0. The fraction of sp³-hybridized carbons (Fsp3) is 0.500. The molecule has 5 heteroatoms. The Labute approximate surface area is 113 Å². The van der Waals surface area contributed by atoms with Crippen LogP contribution in [-0.2, 0) is 4.74 Å². The standard InChI is InChI=1S/C14H20N2O3/c1-18-12-4-2-3-11(15)13(12)14(17)16-9-10-5-7-19-8-6-10/h2-4,10H,5-9,15H2,1H3,(H,16,17). The molecule has 0 aliphatic carbocycles. The summed E-state index contributed by atoms with van der Waals surface area (Å²) in [6.45, 7) is 2.20. The smallest absolute Gasteiger partial charge is 0.257 e. The summed E-state index contributed by atoms with van der Waals surface area (Å²) < 4.78 is 10.5. The predicted molar refractivity (Wildman–Crippen MR) is 73.3 cm³/mol. The van der Waals surface area contributed by atoms with Crippen molar-refractivity contribution < 1.29 is 14.3 Å². The number of nitrogens with two attached hydrogens (primary N) is 1. The Morgan fingerprint density at radius 3 is 2.89 bits per heavy atom. The zero-order valence-corrected chi connectivity index (χ0v) is 11.1. The van der Waals surface area contributed by atoms with Gasteiger partial charge in [0.2, 0.25) is 0 Å². The molecular weight excluding hydrogens is 244 g/mol. The third-order valence-corrected chi connectivity index (χ3v) is 3.40. The van der Waals surface area contributed by atoms with Crippen LogP contribution in [0.3, 0.4) is 0 Å². The van der Waals surface area contributed by atoms with E-state index in [9.17, 15) is 4.79 Å². The lowest BCUT2D eigenvalue weighted by atomic mass is 10.0. The van der Waals surface area contributed by atoms with Gasteiger partial charge in [0.15, 0.2) is 0 Å². The Morgan fingerprint density at radius 2 is 2.21 bits per heavy atom. The topological polar surface area (TPSA) is 73.6 Å². The molecule has 2 rings (SSSR count). The van der Waals surface area contributed by atoms with Crippen LogP contribution in [0.5, 0.6) is 5.75 Å². The first-order valence-electron chi connectivity index (χ1n) is 6.50. The SMILES string of the molecule is COc1cccc(N)c1C(=O)NCC1CCOCC1. The Hall–Kier alpha value is -1.75. The summed E-state index contributed by atoms with van der Waals surface area (Å²) in [6.07, 6.45) is 1.98. The Balaban J connectivity index is 1.99. The molecule has 1 aromatic rings. The number of amides is 1. The van der Waals surface area contributed by atoms with Crippen molar-refractivity contribution >= 4 is 11.6 Å². The van der Waals surface area contributed by atoms with Gasteiger partial charge in [-0.05, 0) is 30.9 Å². The van der Waals surface area contributed by atoms with E-state index < -0.39 is 0 Å². The zero-order valence-electron chi connectivity index (χ0n) is 11.1. The minimum Gasteiger partial charge on any atom is -0.496 e. The van der Waals surface area contributed by atoms with Crippen molar-refractivity contribution in [3.8, 4) is 5.75 Å². The van der Waals surface area contributed by atoms with Gasteiger partial charge in [-0.25, -0.2) is 0 Å². The fourth-order valence-corrected chi connectivity index (χ4v) is 2.24. The second-order valence-corrected chi connectivity index (χ2v) is 4.69. The van der Waals surface area contributed by atoms with Gasteiger partial charge in [0, 0.05) is 25.4 Å². The summed E-state index contributed by atoms with van der Waals surface area (Å²) in [6, 6.07) is 5.20. The molecule has 5 nitrogen and oxygen atoms in total. The summed E-state index contributed by atoms with van der Waals surface area (Å²) in [7, 11) is 1.53. The first-order valence-corrected chi connectivity index (χ1v) is 6.50. The fourth-order valence-electron chi connectivity index (χ4n) is 2.24. The first-order chi connectivity index (χ1) is 9.22. The van der Waals surface area contributed by atoms with Gasteiger partial charge >= 0.3 is 0 Å². The van der Waals surface area contributed by atoms with Crippen LogP contribution in [0.4, 0.5) is 5.69 Å². The second kappa shape index (κ2) is 6.43. The molecule has 0 spiro atoms. The lowest BCUT2D eigenvalue weighted by Gasteiger charge is -2.22. The lowest BCUT2D eigenvalue weighted by Crippen LogP contribution is -2.32. The Kier molecular flexibility index (Phi) is 4.63. The Bertz CT molecular complexity index is 442. The quantitative estimate of drug-likeness (QED) is 0.807. The molecule has 19 heavy (non-hydrogen) atoms. The number of rotatable bonds is 4. The van der Waals surface area contributed by atoms with Crippen molar-refractivity contribution in [1.82, 2.24) is 5.32 Å². The monoisotopic (exact) mass is 264 g/mol. The maximum atomic E-state index is 12.2. The molecule has 3 N–H and O–H groups in total.